The van der Waals surface area contributed by atoms with Crippen molar-refractivity contribution < 1.29 is 23.4 Å². The average Bonchev–Trinajstić information content (AvgIpc) is 3.54. The minimum atomic E-state index is -0.239. The van der Waals surface area contributed by atoms with Crippen LogP contribution in [0, 0.1) is 0 Å². The second kappa shape index (κ2) is 9.95. The molecule has 33 heavy (non-hydrogen) atoms. The van der Waals surface area contributed by atoms with Crippen LogP contribution in [0.5, 0.6) is 17.2 Å². The number of nitrogens with zero attached hydrogens (tertiary/aromatic N) is 2. The summed E-state index contributed by atoms with van der Waals surface area (Å²) in [5.41, 5.74) is 2.73. The van der Waals surface area contributed by atoms with Crippen LogP contribution in [-0.2, 0) is 6.42 Å². The highest BCUT2D eigenvalue weighted by atomic mass is 16.5. The largest absolute Gasteiger partial charge is 0.497 e. The number of amides is 1. The van der Waals surface area contributed by atoms with E-state index in [-0.39, 0.29) is 5.91 Å². The number of carbonyl (C=O) groups is 1. The monoisotopic (exact) mass is 447 g/mol. The first-order valence-corrected chi connectivity index (χ1v) is 10.4. The molecule has 0 radical (unpaired) electrons. The molecule has 0 spiro atoms. The van der Waals surface area contributed by atoms with Crippen molar-refractivity contribution in [2.75, 3.05) is 27.9 Å². The number of aromatic nitrogens is 2. The van der Waals surface area contributed by atoms with E-state index in [0.717, 1.165) is 17.0 Å². The summed E-state index contributed by atoms with van der Waals surface area (Å²) in [7, 11) is 4.80. The first-order valence-electron chi connectivity index (χ1n) is 10.4. The third kappa shape index (κ3) is 4.85. The zero-order valence-corrected chi connectivity index (χ0v) is 18.7. The molecule has 8 heteroatoms. The van der Waals surface area contributed by atoms with Crippen LogP contribution in [0.4, 0.5) is 0 Å². The molecule has 2 heterocycles. The summed E-state index contributed by atoms with van der Waals surface area (Å²) in [6.45, 7) is 0.443. The van der Waals surface area contributed by atoms with Crippen molar-refractivity contribution in [1.82, 2.24) is 15.1 Å². The maximum atomic E-state index is 13.1. The first kappa shape index (κ1) is 22.0. The van der Waals surface area contributed by atoms with E-state index in [1.54, 1.807) is 50.5 Å². The lowest BCUT2D eigenvalue weighted by Gasteiger charge is -2.11. The Morgan fingerprint density at radius 2 is 1.76 bits per heavy atom. The minimum Gasteiger partial charge on any atom is -0.497 e. The summed E-state index contributed by atoms with van der Waals surface area (Å²) in [6, 6.07) is 18.3. The summed E-state index contributed by atoms with van der Waals surface area (Å²) in [6.07, 6.45) is 2.21. The van der Waals surface area contributed by atoms with Gasteiger partial charge in [-0.25, -0.2) is 4.68 Å². The number of ether oxygens (including phenoxy) is 3. The predicted octanol–water partition coefficient (Wildman–Crippen LogP) is 4.13. The Hall–Kier alpha value is -4.20. The molecule has 4 aromatic rings. The van der Waals surface area contributed by atoms with E-state index < -0.39 is 0 Å². The summed E-state index contributed by atoms with van der Waals surface area (Å²) in [5.74, 6) is 2.39. The molecular weight excluding hydrogens is 422 g/mol. The van der Waals surface area contributed by atoms with Gasteiger partial charge in [-0.2, -0.15) is 5.10 Å². The third-order valence-corrected chi connectivity index (χ3v) is 5.18. The van der Waals surface area contributed by atoms with Crippen LogP contribution in [0.25, 0.3) is 17.1 Å². The van der Waals surface area contributed by atoms with Gasteiger partial charge in [0.15, 0.2) is 17.3 Å². The summed E-state index contributed by atoms with van der Waals surface area (Å²) in [4.78, 5) is 13.1. The molecule has 0 aliphatic heterocycles. The van der Waals surface area contributed by atoms with Gasteiger partial charge in [0.05, 0.1) is 33.3 Å². The number of hydrogen-bond donors (Lipinski definition) is 1. The van der Waals surface area contributed by atoms with E-state index in [1.165, 1.54) is 0 Å². The van der Waals surface area contributed by atoms with Gasteiger partial charge in [0.25, 0.3) is 5.91 Å². The summed E-state index contributed by atoms with van der Waals surface area (Å²) < 4.78 is 22.9. The van der Waals surface area contributed by atoms with Crippen molar-refractivity contribution in [1.29, 1.82) is 0 Å². The van der Waals surface area contributed by atoms with E-state index in [9.17, 15) is 4.79 Å². The number of nitrogens with one attached hydrogen (secondary N) is 1. The molecule has 2 aromatic heterocycles. The lowest BCUT2D eigenvalue weighted by Crippen LogP contribution is -2.27. The molecular formula is C25H25N3O5. The number of carbonyl (C=O) groups excluding carboxylic acids is 1. The van der Waals surface area contributed by atoms with Crippen LogP contribution in [-0.4, -0.2) is 43.6 Å². The Morgan fingerprint density at radius 1 is 0.970 bits per heavy atom. The fourth-order valence-electron chi connectivity index (χ4n) is 3.45. The number of rotatable bonds is 9. The molecule has 0 saturated carbocycles. The van der Waals surface area contributed by atoms with E-state index in [0.29, 0.717) is 41.6 Å². The lowest BCUT2D eigenvalue weighted by atomic mass is 10.1. The van der Waals surface area contributed by atoms with E-state index in [1.807, 2.05) is 42.5 Å². The zero-order valence-electron chi connectivity index (χ0n) is 18.7. The van der Waals surface area contributed by atoms with Crippen molar-refractivity contribution in [3.8, 4) is 34.4 Å². The van der Waals surface area contributed by atoms with Crippen LogP contribution in [0.2, 0.25) is 0 Å². The lowest BCUT2D eigenvalue weighted by molar-refractivity contribution is 0.0946. The molecule has 0 fully saturated rings. The van der Waals surface area contributed by atoms with Crippen LogP contribution in [0.15, 0.2) is 71.3 Å². The number of furan rings is 1. The van der Waals surface area contributed by atoms with E-state index >= 15 is 0 Å². The van der Waals surface area contributed by atoms with Crippen molar-refractivity contribution in [2.45, 2.75) is 6.42 Å². The Balaban J connectivity index is 1.53. The van der Waals surface area contributed by atoms with Crippen molar-refractivity contribution in [3.05, 3.63) is 78.2 Å². The van der Waals surface area contributed by atoms with Crippen molar-refractivity contribution in [2.24, 2.45) is 0 Å². The molecule has 0 unspecified atom stereocenters. The Bertz CT molecular complexity index is 1210. The highest BCUT2D eigenvalue weighted by Gasteiger charge is 2.19. The quantitative estimate of drug-likeness (QED) is 0.415. The maximum absolute atomic E-state index is 13.1. The van der Waals surface area contributed by atoms with Gasteiger partial charge in [-0.1, -0.05) is 6.07 Å². The van der Waals surface area contributed by atoms with E-state index in [4.69, 9.17) is 18.6 Å². The van der Waals surface area contributed by atoms with Gasteiger partial charge in [-0.05, 0) is 60.5 Å². The van der Waals surface area contributed by atoms with Crippen molar-refractivity contribution >= 4 is 5.91 Å². The average molecular weight is 447 g/mol. The summed E-state index contributed by atoms with van der Waals surface area (Å²) in [5, 5.41) is 7.58. The molecule has 0 aliphatic carbocycles. The van der Waals surface area contributed by atoms with Gasteiger partial charge < -0.3 is 23.9 Å². The molecule has 4 rings (SSSR count). The minimum absolute atomic E-state index is 0.239. The van der Waals surface area contributed by atoms with Gasteiger partial charge in [-0.3, -0.25) is 4.79 Å². The van der Waals surface area contributed by atoms with Crippen LogP contribution >= 0.6 is 0 Å². The molecule has 0 saturated heterocycles. The number of benzene rings is 2. The third-order valence-electron chi connectivity index (χ3n) is 5.18. The molecule has 170 valence electrons. The summed E-state index contributed by atoms with van der Waals surface area (Å²) >= 11 is 0. The van der Waals surface area contributed by atoms with E-state index in [2.05, 4.69) is 10.4 Å². The smallest absolute Gasteiger partial charge is 0.270 e. The topological polar surface area (TPSA) is 87.8 Å². The molecule has 1 N–H and O–H groups in total. The van der Waals surface area contributed by atoms with Gasteiger partial charge in [0.2, 0.25) is 0 Å². The highest BCUT2D eigenvalue weighted by Crippen LogP contribution is 2.28. The molecule has 0 bridgehead atoms. The predicted molar refractivity (Wildman–Crippen MR) is 123 cm³/mol. The van der Waals surface area contributed by atoms with Gasteiger partial charge in [-0.15, -0.1) is 0 Å². The zero-order chi connectivity index (χ0) is 23.2. The highest BCUT2D eigenvalue weighted by molar-refractivity contribution is 5.94. The SMILES string of the molecule is COc1ccc(-n2nc(-c3ccco3)cc2C(=O)NCCc2ccc(OC)c(OC)c2)cc1. The first-order chi connectivity index (χ1) is 16.1. The Morgan fingerprint density at radius 3 is 2.42 bits per heavy atom. The van der Waals surface area contributed by atoms with Gasteiger partial charge in [0.1, 0.15) is 17.1 Å². The molecule has 1 amide bonds. The normalized spacial score (nSPS) is 10.6. The van der Waals surface area contributed by atoms with Crippen LogP contribution < -0.4 is 19.5 Å². The van der Waals surface area contributed by atoms with Gasteiger partial charge in [0, 0.05) is 12.6 Å². The Kier molecular flexibility index (Phi) is 6.64. The Labute approximate surface area is 191 Å². The van der Waals surface area contributed by atoms with Crippen LogP contribution in [0.1, 0.15) is 16.1 Å². The van der Waals surface area contributed by atoms with Crippen LogP contribution in [0.3, 0.4) is 0 Å². The van der Waals surface area contributed by atoms with Gasteiger partial charge >= 0.3 is 0 Å². The van der Waals surface area contributed by atoms with Crippen molar-refractivity contribution in [3.63, 3.8) is 0 Å². The molecule has 2 aromatic carbocycles. The second-order valence-corrected chi connectivity index (χ2v) is 7.20. The second-order valence-electron chi connectivity index (χ2n) is 7.20. The maximum Gasteiger partial charge on any atom is 0.270 e. The fourth-order valence-corrected chi connectivity index (χ4v) is 3.45. The molecule has 0 aliphatic rings. The number of hydrogen-bond acceptors (Lipinski definition) is 6. The number of methoxy groups -OCH3 is 3. The molecule has 0 atom stereocenters. The molecule has 8 nitrogen and oxygen atoms in total. The fraction of sp³-hybridized carbons (Fsp3) is 0.200. The standard InChI is InChI=1S/C25H25N3O5/c1-30-19-9-7-18(8-10-19)28-21(16-20(27-28)22-5-4-14-33-22)25(29)26-13-12-17-6-11-23(31-2)24(15-17)32-3/h4-11,14-16H,12-13H2,1-3H3,(H,26,29).